The Morgan fingerprint density at radius 3 is 2.60 bits per heavy atom. The smallest absolute Gasteiger partial charge is 0.252 e. The van der Waals surface area contributed by atoms with E-state index in [1.807, 2.05) is 67.6 Å². The number of carbonyl (C=O) groups excluding carboxylic acids is 1. The van der Waals surface area contributed by atoms with Crippen LogP contribution in [-0.4, -0.2) is 48.8 Å². The maximum Gasteiger partial charge on any atom is 0.252 e. The zero-order chi connectivity index (χ0) is 30.5. The van der Waals surface area contributed by atoms with E-state index in [4.69, 9.17) is 29.8 Å². The fourth-order valence-electron chi connectivity index (χ4n) is 5.02. The van der Waals surface area contributed by atoms with Crippen molar-refractivity contribution in [3.05, 3.63) is 118 Å². The number of rotatable bonds is 16. The highest BCUT2D eigenvalue weighted by Crippen LogP contribution is 2.44. The first-order chi connectivity index (χ1) is 21.1. The van der Waals surface area contributed by atoms with Gasteiger partial charge in [-0.2, -0.15) is 0 Å². The van der Waals surface area contributed by atoms with Crippen LogP contribution < -0.4 is 14.8 Å². The van der Waals surface area contributed by atoms with Crippen LogP contribution in [0.3, 0.4) is 0 Å². The number of carbonyl (C=O) groups is 1. The Morgan fingerprint density at radius 2 is 1.88 bits per heavy atom. The fraction of sp³-hybridized carbons (Fsp3) is 0.333. The monoisotopic (exact) mass is 583 g/mol. The van der Waals surface area contributed by atoms with Gasteiger partial charge in [-0.05, 0) is 65.9 Å². The van der Waals surface area contributed by atoms with E-state index in [1.54, 1.807) is 18.2 Å². The van der Waals surface area contributed by atoms with E-state index in [1.165, 1.54) is 0 Å². The zero-order valence-corrected chi connectivity index (χ0v) is 24.3. The molecular weight excluding hydrogens is 546 g/mol. The molecule has 3 aromatic rings. The van der Waals surface area contributed by atoms with E-state index in [0.29, 0.717) is 55.4 Å². The van der Waals surface area contributed by atoms with Gasteiger partial charge in [0.1, 0.15) is 11.5 Å². The van der Waals surface area contributed by atoms with E-state index in [2.05, 4.69) is 21.9 Å². The lowest BCUT2D eigenvalue weighted by molar-refractivity contribution is -0.128. The number of benzene rings is 3. The Morgan fingerprint density at radius 1 is 1.14 bits per heavy atom. The molecule has 0 radical (unpaired) electrons. The summed E-state index contributed by atoms with van der Waals surface area (Å²) in [5.74, 6) is 1.45. The van der Waals surface area contributed by atoms with Gasteiger partial charge in [0.05, 0.1) is 19.8 Å². The van der Waals surface area contributed by atoms with Gasteiger partial charge in [-0.25, -0.2) is 4.99 Å². The second-order valence-electron chi connectivity index (χ2n) is 9.92. The molecule has 1 aliphatic rings. The number of hydrogen-bond donors (Lipinski definition) is 2. The fourth-order valence-corrected chi connectivity index (χ4v) is 5.02. The molecule has 224 valence electrons. The van der Waals surface area contributed by atoms with E-state index in [-0.39, 0.29) is 25.5 Å². The molecule has 4 rings (SSSR count). The second-order valence-corrected chi connectivity index (χ2v) is 9.92. The molecule has 1 amide bonds. The molecule has 0 fully saturated rings. The van der Waals surface area contributed by atoms with Gasteiger partial charge in [0.2, 0.25) is 5.90 Å². The summed E-state index contributed by atoms with van der Waals surface area (Å²) in [6.07, 6.45) is 2.17. The number of aliphatic imine (C=N–C) groups is 1. The summed E-state index contributed by atoms with van der Waals surface area (Å²) < 4.78 is 17.9. The minimum Gasteiger partial charge on any atom is -0.494 e. The molecule has 2 atom stereocenters. The van der Waals surface area contributed by atoms with Crippen molar-refractivity contribution in [3.63, 3.8) is 0 Å². The second kappa shape index (κ2) is 15.4. The molecule has 0 aliphatic carbocycles. The molecule has 0 saturated carbocycles. The highest BCUT2D eigenvalue weighted by atomic mass is 16.5. The summed E-state index contributed by atoms with van der Waals surface area (Å²) in [6.45, 7) is 7.33. The zero-order valence-electron chi connectivity index (χ0n) is 24.3. The van der Waals surface area contributed by atoms with Gasteiger partial charge in [0, 0.05) is 36.5 Å². The third-order valence-corrected chi connectivity index (χ3v) is 7.08. The summed E-state index contributed by atoms with van der Waals surface area (Å²) in [5, 5.41) is 15.9. The van der Waals surface area contributed by atoms with Crippen LogP contribution in [0, 0.1) is 0 Å². The van der Waals surface area contributed by atoms with Crippen LogP contribution in [0.1, 0.15) is 48.1 Å². The summed E-state index contributed by atoms with van der Waals surface area (Å²) in [6, 6.07) is 22.4. The molecule has 10 heteroatoms. The molecule has 43 heavy (non-hydrogen) atoms. The summed E-state index contributed by atoms with van der Waals surface area (Å²) in [7, 11) is 0. The summed E-state index contributed by atoms with van der Waals surface area (Å²) >= 11 is 0. The van der Waals surface area contributed by atoms with Crippen molar-refractivity contribution in [2.45, 2.75) is 44.4 Å². The van der Waals surface area contributed by atoms with E-state index >= 15 is 0 Å². The van der Waals surface area contributed by atoms with Crippen molar-refractivity contribution < 1.29 is 24.1 Å². The molecule has 0 spiro atoms. The highest BCUT2D eigenvalue weighted by molar-refractivity contribution is 6.01. The third-order valence-electron chi connectivity index (χ3n) is 7.08. The third kappa shape index (κ3) is 7.54. The van der Waals surface area contributed by atoms with Crippen LogP contribution in [0.4, 0.5) is 0 Å². The van der Waals surface area contributed by atoms with Crippen molar-refractivity contribution >= 4 is 11.8 Å². The Labute approximate surface area is 251 Å². The van der Waals surface area contributed by atoms with Gasteiger partial charge in [0.25, 0.3) is 5.91 Å². The first-order valence-electron chi connectivity index (χ1n) is 14.4. The Bertz CT molecular complexity index is 1470. The normalized spacial score (nSPS) is 17.3. The molecule has 0 bridgehead atoms. The van der Waals surface area contributed by atoms with Crippen molar-refractivity contribution in [2.75, 3.05) is 26.4 Å². The largest absolute Gasteiger partial charge is 0.494 e. The number of hydrogen-bond acceptors (Lipinski definition) is 7. The minimum absolute atomic E-state index is 0.0533. The SMILES string of the molecule is C=CC[C@@]1(C(=O)NCCc2ccccc2OCC)N=C(c2ccc(OCCCO)cc2)O[C@@H]1c1ccccc1CN=[N+]=[N-]. The van der Waals surface area contributed by atoms with Gasteiger partial charge >= 0.3 is 0 Å². The summed E-state index contributed by atoms with van der Waals surface area (Å²) in [4.78, 5) is 22.0. The van der Waals surface area contributed by atoms with Gasteiger partial charge in [-0.3, -0.25) is 4.79 Å². The number of para-hydroxylation sites is 1. The van der Waals surface area contributed by atoms with Crippen LogP contribution in [0.5, 0.6) is 11.5 Å². The van der Waals surface area contributed by atoms with Gasteiger partial charge in [-0.1, -0.05) is 53.7 Å². The van der Waals surface area contributed by atoms with Crippen LogP contribution in [-0.2, 0) is 22.5 Å². The van der Waals surface area contributed by atoms with Gasteiger partial charge < -0.3 is 24.6 Å². The Balaban J connectivity index is 1.67. The van der Waals surface area contributed by atoms with Gasteiger partial charge in [0.15, 0.2) is 11.6 Å². The van der Waals surface area contributed by atoms with Crippen molar-refractivity contribution in [1.82, 2.24) is 5.32 Å². The molecule has 1 heterocycles. The minimum atomic E-state index is -1.36. The number of aliphatic hydroxyl groups is 1. The van der Waals surface area contributed by atoms with E-state index in [0.717, 1.165) is 16.9 Å². The predicted octanol–water partition coefficient (Wildman–Crippen LogP) is 5.85. The van der Waals surface area contributed by atoms with Crippen molar-refractivity contribution in [2.24, 2.45) is 10.1 Å². The molecule has 1 aliphatic heterocycles. The quantitative estimate of drug-likeness (QED) is 0.0716. The molecule has 0 saturated heterocycles. The van der Waals surface area contributed by atoms with E-state index in [9.17, 15) is 4.79 Å². The molecule has 0 aromatic heterocycles. The lowest BCUT2D eigenvalue weighted by Gasteiger charge is -2.30. The molecule has 3 aromatic carbocycles. The standard InChI is InChI=1S/C33H37N5O5/c1-3-19-33(32(40)35-20-18-24-10-6-8-13-29(24)41-4-2)30(28-12-7-5-11-26(28)23-36-38-34)43-31(37-33)25-14-16-27(17-15-25)42-22-9-21-39/h3,5-8,10-17,30,39H,1,4,9,18-23H2,2H3,(H,35,40)/t30-,33-/m1/s1. The number of nitrogens with zero attached hydrogens (tertiary/aromatic N) is 4. The van der Waals surface area contributed by atoms with Crippen molar-refractivity contribution in [3.8, 4) is 11.5 Å². The van der Waals surface area contributed by atoms with Crippen LogP contribution in [0.25, 0.3) is 10.4 Å². The molecule has 10 nitrogen and oxygen atoms in total. The molecule has 0 unspecified atom stereocenters. The first-order valence-corrected chi connectivity index (χ1v) is 14.4. The van der Waals surface area contributed by atoms with Crippen LogP contribution >= 0.6 is 0 Å². The number of ether oxygens (including phenoxy) is 3. The van der Waals surface area contributed by atoms with Crippen molar-refractivity contribution in [1.29, 1.82) is 0 Å². The maximum atomic E-state index is 14.1. The number of amides is 1. The predicted molar refractivity (Wildman–Crippen MR) is 165 cm³/mol. The highest BCUT2D eigenvalue weighted by Gasteiger charge is 2.52. The number of azide groups is 1. The Kier molecular flexibility index (Phi) is 11.2. The first kappa shape index (κ1) is 31.2. The topological polar surface area (TPSA) is 138 Å². The average molecular weight is 584 g/mol. The maximum absolute atomic E-state index is 14.1. The lowest BCUT2D eigenvalue weighted by Crippen LogP contribution is -2.48. The van der Waals surface area contributed by atoms with Crippen LogP contribution in [0.15, 0.2) is 95.6 Å². The van der Waals surface area contributed by atoms with Crippen LogP contribution in [0.2, 0.25) is 0 Å². The molecule has 2 N–H and O–H groups in total. The van der Waals surface area contributed by atoms with Gasteiger partial charge in [-0.15, -0.1) is 6.58 Å². The average Bonchev–Trinajstić information content (AvgIpc) is 3.42. The summed E-state index contributed by atoms with van der Waals surface area (Å²) in [5.41, 5.74) is 10.7. The lowest BCUT2D eigenvalue weighted by atomic mass is 9.82. The molecular formula is C33H37N5O5. The number of aliphatic hydroxyl groups excluding tert-OH is 1. The Hall–Kier alpha value is -4.79. The van der Waals surface area contributed by atoms with E-state index < -0.39 is 11.6 Å². The number of nitrogens with one attached hydrogen (secondary N) is 1.